The lowest BCUT2D eigenvalue weighted by atomic mass is 10.1. The van der Waals surface area contributed by atoms with Crippen LogP contribution in [0.4, 0.5) is 15.3 Å². The number of rotatable bonds is 7. The fourth-order valence-corrected chi connectivity index (χ4v) is 7.48. The number of amides is 3. The molecule has 1 aliphatic carbocycles. The van der Waals surface area contributed by atoms with Gasteiger partial charge < -0.3 is 14.6 Å². The molecule has 14 heteroatoms. The predicted molar refractivity (Wildman–Crippen MR) is 148 cm³/mol. The molecule has 3 N–H and O–H groups in total. The summed E-state index contributed by atoms with van der Waals surface area (Å²) in [7, 11) is -3.01. The van der Waals surface area contributed by atoms with E-state index in [0.29, 0.717) is 23.6 Å². The minimum Gasteiger partial charge on any atom is -0.453 e. The number of imidazole rings is 1. The molecular formula is C25H21Cl2N5O5S2. The lowest BCUT2D eigenvalue weighted by Crippen LogP contribution is -2.46. The molecule has 2 aromatic carbocycles. The maximum atomic E-state index is 13.1. The number of hydrogen-bond acceptors (Lipinski definition) is 7. The Labute approximate surface area is 238 Å². The van der Waals surface area contributed by atoms with Crippen LogP contribution in [0.25, 0.3) is 5.69 Å². The lowest BCUT2D eigenvalue weighted by Gasteiger charge is -2.21. The number of halogens is 2. The van der Waals surface area contributed by atoms with Crippen LogP contribution in [-0.2, 0) is 20.3 Å². The van der Waals surface area contributed by atoms with Crippen LogP contribution in [-0.4, -0.2) is 37.2 Å². The third-order valence-corrected chi connectivity index (χ3v) is 9.34. The number of sulfonamides is 1. The highest BCUT2D eigenvalue weighted by molar-refractivity contribution is 7.90. The second-order valence-electron chi connectivity index (χ2n) is 8.67. The van der Waals surface area contributed by atoms with E-state index in [2.05, 4.69) is 20.4 Å². The smallest absolute Gasteiger partial charge is 0.411 e. The zero-order valence-electron chi connectivity index (χ0n) is 20.2. The van der Waals surface area contributed by atoms with Gasteiger partial charge in [0.2, 0.25) is 0 Å². The Morgan fingerprint density at radius 1 is 1.13 bits per heavy atom. The van der Waals surface area contributed by atoms with E-state index in [-0.39, 0.29) is 19.5 Å². The van der Waals surface area contributed by atoms with Crippen LogP contribution in [0.1, 0.15) is 23.7 Å². The van der Waals surface area contributed by atoms with Crippen LogP contribution < -0.4 is 15.4 Å². The molecule has 4 aromatic rings. The van der Waals surface area contributed by atoms with Crippen molar-refractivity contribution in [2.24, 2.45) is 0 Å². The van der Waals surface area contributed by atoms with E-state index >= 15 is 0 Å². The van der Waals surface area contributed by atoms with Gasteiger partial charge in [-0.25, -0.2) is 27.7 Å². The van der Waals surface area contributed by atoms with E-state index in [4.69, 9.17) is 23.2 Å². The number of nitrogens with zero attached hydrogens (tertiary/aromatic N) is 2. The van der Waals surface area contributed by atoms with Gasteiger partial charge in [-0.1, -0.05) is 53.5 Å². The minimum atomic E-state index is -4.28. The van der Waals surface area contributed by atoms with Crippen molar-refractivity contribution in [3.8, 4) is 5.69 Å². The lowest BCUT2D eigenvalue weighted by molar-refractivity contribution is 0.187. The molecule has 5 rings (SSSR count). The highest BCUT2D eigenvalue weighted by atomic mass is 35.5. The number of ether oxygens (including phenoxy) is 1. The Bertz CT molecular complexity index is 1640. The fourth-order valence-electron chi connectivity index (χ4n) is 4.42. The van der Waals surface area contributed by atoms with Crippen molar-refractivity contribution in [1.29, 1.82) is 0 Å². The van der Waals surface area contributed by atoms with E-state index in [1.54, 1.807) is 41.2 Å². The zero-order valence-corrected chi connectivity index (χ0v) is 23.4. The van der Waals surface area contributed by atoms with Crippen molar-refractivity contribution in [3.05, 3.63) is 93.1 Å². The summed E-state index contributed by atoms with van der Waals surface area (Å²) < 4.78 is 34.3. The van der Waals surface area contributed by atoms with Gasteiger partial charge >= 0.3 is 12.1 Å². The van der Waals surface area contributed by atoms with Crippen LogP contribution in [0.15, 0.2) is 78.0 Å². The number of carbonyl (C=O) groups excluding carboxylic acids is 2. The summed E-state index contributed by atoms with van der Waals surface area (Å²) in [6.45, 7) is 0. The number of aromatic nitrogens is 2. The molecule has 2 atom stereocenters. The number of carbonyl (C=O) groups is 2. The molecular weight excluding hydrogens is 585 g/mol. The first-order valence-corrected chi connectivity index (χ1v) is 14.5. The summed E-state index contributed by atoms with van der Waals surface area (Å²) in [5, 5.41) is 5.46. The van der Waals surface area contributed by atoms with Gasteiger partial charge in [0, 0.05) is 29.7 Å². The highest BCUT2D eigenvalue weighted by Crippen LogP contribution is 2.58. The van der Waals surface area contributed by atoms with E-state index < -0.39 is 27.7 Å². The van der Waals surface area contributed by atoms with Gasteiger partial charge in [0.1, 0.15) is 20.6 Å². The third kappa shape index (κ3) is 5.46. The summed E-state index contributed by atoms with van der Waals surface area (Å²) in [5.41, 5.74) is 1.19. The molecule has 2 aromatic heterocycles. The Morgan fingerprint density at radius 2 is 1.85 bits per heavy atom. The number of methoxy groups -OCH3 is 1. The standard InChI is InChI=1S/C25H21Cl2N5O5S2/c1-37-24(34)29-16-7-9-17(10-8-16)32-12-11-28-22(32)25(14-18(25)15-5-3-2-4-6-15)30-23(33)31-39(35,36)19-13-20(26)38-21(19)27/h2-13,18H,14H2,1H3,(H,29,34)(H2,30,31,33)/t18?,25-/m0/s1. The SMILES string of the molecule is COC(=O)Nc1ccc(-n2ccnc2[C@]2(NC(=O)NS(=O)(=O)c3cc(Cl)sc3Cl)CC2c2ccccc2)cc1. The molecule has 1 fully saturated rings. The summed E-state index contributed by atoms with van der Waals surface area (Å²) in [5.74, 6) is 0.335. The number of anilines is 1. The fraction of sp³-hybridized carbons (Fsp3) is 0.160. The van der Waals surface area contributed by atoms with Crippen molar-refractivity contribution < 1.29 is 22.7 Å². The first kappa shape index (κ1) is 27.0. The highest BCUT2D eigenvalue weighted by Gasteiger charge is 2.60. The number of nitrogens with one attached hydrogen (secondary N) is 3. The Hall–Kier alpha value is -3.58. The van der Waals surface area contributed by atoms with Crippen molar-refractivity contribution in [2.75, 3.05) is 12.4 Å². The quantitative estimate of drug-likeness (QED) is 0.255. The predicted octanol–water partition coefficient (Wildman–Crippen LogP) is 5.49. The molecule has 0 bridgehead atoms. The van der Waals surface area contributed by atoms with E-state index in [9.17, 15) is 18.0 Å². The van der Waals surface area contributed by atoms with Crippen molar-refractivity contribution >= 4 is 62.4 Å². The van der Waals surface area contributed by atoms with Crippen molar-refractivity contribution in [1.82, 2.24) is 19.6 Å². The molecule has 3 amide bonds. The number of thiophene rings is 1. The molecule has 39 heavy (non-hydrogen) atoms. The molecule has 202 valence electrons. The molecule has 2 heterocycles. The van der Waals surface area contributed by atoms with Gasteiger partial charge in [0.25, 0.3) is 10.0 Å². The second kappa shape index (κ2) is 10.5. The van der Waals surface area contributed by atoms with Crippen molar-refractivity contribution in [3.63, 3.8) is 0 Å². The van der Waals surface area contributed by atoms with E-state index in [1.807, 2.05) is 35.1 Å². The van der Waals surface area contributed by atoms with Gasteiger partial charge in [-0.15, -0.1) is 11.3 Å². The van der Waals surface area contributed by atoms with E-state index in [0.717, 1.165) is 16.9 Å². The molecule has 0 aliphatic heterocycles. The average molecular weight is 607 g/mol. The monoisotopic (exact) mass is 605 g/mol. The molecule has 0 radical (unpaired) electrons. The number of hydrogen-bond donors (Lipinski definition) is 3. The van der Waals surface area contributed by atoms with Gasteiger partial charge in [-0.2, -0.15) is 0 Å². The molecule has 1 unspecified atom stereocenters. The van der Waals surface area contributed by atoms with Crippen LogP contribution in [0.2, 0.25) is 8.67 Å². The first-order valence-electron chi connectivity index (χ1n) is 11.5. The largest absolute Gasteiger partial charge is 0.453 e. The normalized spacial score (nSPS) is 18.3. The van der Waals surface area contributed by atoms with Crippen molar-refractivity contribution in [2.45, 2.75) is 22.8 Å². The Balaban J connectivity index is 1.46. The second-order valence-corrected chi connectivity index (χ2v) is 12.6. The number of benzene rings is 2. The maximum Gasteiger partial charge on any atom is 0.411 e. The van der Waals surface area contributed by atoms with Crippen LogP contribution >= 0.6 is 34.5 Å². The van der Waals surface area contributed by atoms with Crippen LogP contribution in [0.3, 0.4) is 0 Å². The third-order valence-electron chi connectivity index (χ3n) is 6.26. The molecule has 1 saturated carbocycles. The maximum absolute atomic E-state index is 13.1. The average Bonchev–Trinajstić information content (AvgIpc) is 3.21. The molecule has 0 saturated heterocycles. The minimum absolute atomic E-state index is 0.0516. The Morgan fingerprint density at radius 3 is 2.49 bits per heavy atom. The summed E-state index contributed by atoms with van der Waals surface area (Å²) in [6, 6.07) is 16.8. The summed E-state index contributed by atoms with van der Waals surface area (Å²) in [4.78, 5) is 28.9. The molecule has 10 nitrogen and oxygen atoms in total. The van der Waals surface area contributed by atoms with E-state index in [1.165, 1.54) is 13.2 Å². The van der Waals surface area contributed by atoms with Crippen LogP contribution in [0.5, 0.6) is 0 Å². The van der Waals surface area contributed by atoms with Gasteiger partial charge in [0.15, 0.2) is 0 Å². The van der Waals surface area contributed by atoms with Gasteiger partial charge in [0.05, 0.1) is 11.4 Å². The molecule has 0 spiro atoms. The van der Waals surface area contributed by atoms with Gasteiger partial charge in [-0.05, 0) is 42.3 Å². The Kier molecular flexibility index (Phi) is 7.29. The first-order chi connectivity index (χ1) is 18.6. The van der Waals surface area contributed by atoms with Crippen LogP contribution in [0, 0.1) is 0 Å². The summed E-state index contributed by atoms with van der Waals surface area (Å²) >= 11 is 12.8. The zero-order chi connectivity index (χ0) is 27.8. The molecule has 1 aliphatic rings. The topological polar surface area (TPSA) is 131 Å². The number of urea groups is 1. The van der Waals surface area contributed by atoms with Gasteiger partial charge in [-0.3, -0.25) is 5.32 Å². The summed E-state index contributed by atoms with van der Waals surface area (Å²) in [6.07, 6.45) is 3.23.